The van der Waals surface area contributed by atoms with Crippen LogP contribution in [0, 0.1) is 0 Å². The minimum atomic E-state index is -0.588. The number of nitrogens with zero attached hydrogens (tertiary/aromatic N) is 4. The van der Waals surface area contributed by atoms with Gasteiger partial charge in [-0.1, -0.05) is 6.92 Å². The van der Waals surface area contributed by atoms with Gasteiger partial charge in [-0.2, -0.15) is 10.1 Å². The quantitative estimate of drug-likeness (QED) is 0.758. The fourth-order valence-electron chi connectivity index (χ4n) is 1.59. The van der Waals surface area contributed by atoms with Crippen LogP contribution in [0.4, 0.5) is 0 Å². The smallest absolute Gasteiger partial charge is 0.379 e. The van der Waals surface area contributed by atoms with Crippen molar-refractivity contribution in [1.82, 2.24) is 19.9 Å². The average Bonchev–Trinajstić information content (AvgIpc) is 2.95. The summed E-state index contributed by atoms with van der Waals surface area (Å²) in [5, 5.41) is 7.87. The second kappa shape index (κ2) is 4.99. The summed E-state index contributed by atoms with van der Waals surface area (Å²) < 4.78 is 11.5. The van der Waals surface area contributed by atoms with Crippen LogP contribution < -0.4 is 0 Å². The van der Waals surface area contributed by atoms with Crippen LogP contribution in [0.1, 0.15) is 30.2 Å². The molecular weight excluding hydrogens is 236 g/mol. The molecule has 0 aliphatic rings. The molecule has 0 atom stereocenters. The van der Waals surface area contributed by atoms with Crippen molar-refractivity contribution >= 4 is 5.97 Å². The number of aryl methyl sites for hydroxylation is 2. The molecule has 2 rings (SSSR count). The Balaban J connectivity index is 2.31. The van der Waals surface area contributed by atoms with Crippen LogP contribution in [0.2, 0.25) is 0 Å². The molecule has 0 unspecified atom stereocenters. The van der Waals surface area contributed by atoms with Gasteiger partial charge < -0.3 is 9.26 Å². The lowest BCUT2D eigenvalue weighted by Gasteiger charge is -1.93. The summed E-state index contributed by atoms with van der Waals surface area (Å²) in [7, 11) is 1.81. The summed E-state index contributed by atoms with van der Waals surface area (Å²) in [5.41, 5.74) is 1.58. The molecule has 2 aromatic heterocycles. The summed E-state index contributed by atoms with van der Waals surface area (Å²) >= 11 is 0. The predicted octanol–water partition coefficient (Wildman–Crippen LogP) is 1.21. The van der Waals surface area contributed by atoms with Gasteiger partial charge in [-0.25, -0.2) is 4.79 Å². The number of hydrogen-bond donors (Lipinski definition) is 0. The molecule has 0 aliphatic carbocycles. The lowest BCUT2D eigenvalue weighted by Crippen LogP contribution is -2.06. The van der Waals surface area contributed by atoms with Gasteiger partial charge in [-0.05, 0) is 18.5 Å². The van der Waals surface area contributed by atoms with E-state index in [1.807, 2.05) is 14.0 Å². The van der Waals surface area contributed by atoms with E-state index in [2.05, 4.69) is 15.2 Å². The molecule has 0 fully saturated rings. The van der Waals surface area contributed by atoms with E-state index < -0.39 is 5.97 Å². The van der Waals surface area contributed by atoms with E-state index in [1.54, 1.807) is 17.8 Å². The molecule has 0 radical (unpaired) electrons. The Morgan fingerprint density at radius 3 is 2.94 bits per heavy atom. The number of aromatic nitrogens is 4. The Morgan fingerprint density at radius 1 is 1.50 bits per heavy atom. The van der Waals surface area contributed by atoms with E-state index in [-0.39, 0.29) is 18.3 Å². The zero-order valence-corrected chi connectivity index (χ0v) is 10.5. The van der Waals surface area contributed by atoms with Crippen LogP contribution in [0.3, 0.4) is 0 Å². The van der Waals surface area contributed by atoms with Crippen molar-refractivity contribution in [3.63, 3.8) is 0 Å². The second-order valence-electron chi connectivity index (χ2n) is 3.66. The predicted molar refractivity (Wildman–Crippen MR) is 61.8 cm³/mol. The molecule has 0 bridgehead atoms. The fourth-order valence-corrected chi connectivity index (χ4v) is 1.59. The van der Waals surface area contributed by atoms with Gasteiger partial charge in [0.15, 0.2) is 0 Å². The van der Waals surface area contributed by atoms with Crippen molar-refractivity contribution in [2.45, 2.75) is 20.3 Å². The highest BCUT2D eigenvalue weighted by atomic mass is 16.5. The Bertz CT molecular complexity index is 558. The number of rotatable bonds is 4. The molecule has 7 nitrogen and oxygen atoms in total. The fraction of sp³-hybridized carbons (Fsp3) is 0.455. The molecule has 0 saturated carbocycles. The molecule has 0 N–H and O–H groups in total. The van der Waals surface area contributed by atoms with Gasteiger partial charge in [-0.15, -0.1) is 0 Å². The highest BCUT2D eigenvalue weighted by Gasteiger charge is 2.19. The van der Waals surface area contributed by atoms with Crippen molar-refractivity contribution in [3.8, 4) is 11.5 Å². The first kappa shape index (κ1) is 12.3. The lowest BCUT2D eigenvalue weighted by molar-refractivity contribution is 0.0508. The highest BCUT2D eigenvalue weighted by molar-refractivity contribution is 5.85. The largest absolute Gasteiger partial charge is 0.460 e. The standard InChI is InChI=1S/C11H14N4O3/c1-4-8-7(6-15(3)13-8)10-12-9(14-18-10)11(16)17-5-2/h6H,4-5H2,1-3H3. The van der Waals surface area contributed by atoms with E-state index in [4.69, 9.17) is 9.26 Å². The second-order valence-corrected chi connectivity index (χ2v) is 3.66. The van der Waals surface area contributed by atoms with Gasteiger partial charge in [0.25, 0.3) is 11.7 Å². The maximum absolute atomic E-state index is 11.4. The SMILES string of the molecule is CCOC(=O)c1noc(-c2cn(C)nc2CC)n1. The van der Waals surface area contributed by atoms with E-state index >= 15 is 0 Å². The van der Waals surface area contributed by atoms with Crippen LogP contribution in [0.5, 0.6) is 0 Å². The molecule has 18 heavy (non-hydrogen) atoms. The van der Waals surface area contributed by atoms with Crippen LogP contribution in [-0.4, -0.2) is 32.5 Å². The van der Waals surface area contributed by atoms with Crippen molar-refractivity contribution in [2.24, 2.45) is 7.05 Å². The summed E-state index contributed by atoms with van der Waals surface area (Å²) in [6, 6.07) is 0. The van der Waals surface area contributed by atoms with Crippen molar-refractivity contribution in [2.75, 3.05) is 6.61 Å². The molecule has 2 heterocycles. The maximum Gasteiger partial charge on any atom is 0.379 e. The van der Waals surface area contributed by atoms with E-state index in [9.17, 15) is 4.79 Å². The summed E-state index contributed by atoms with van der Waals surface area (Å²) in [6.07, 6.45) is 2.52. The maximum atomic E-state index is 11.4. The minimum Gasteiger partial charge on any atom is -0.460 e. The monoisotopic (exact) mass is 250 g/mol. The zero-order chi connectivity index (χ0) is 13.1. The Morgan fingerprint density at radius 2 is 2.28 bits per heavy atom. The summed E-state index contributed by atoms with van der Waals surface area (Å²) in [5.74, 6) is -0.379. The average molecular weight is 250 g/mol. The van der Waals surface area contributed by atoms with E-state index in [1.165, 1.54) is 0 Å². The third-order valence-electron chi connectivity index (χ3n) is 2.35. The normalized spacial score (nSPS) is 10.6. The Hall–Kier alpha value is -2.18. The van der Waals surface area contributed by atoms with Gasteiger partial charge >= 0.3 is 5.97 Å². The Labute approximate surface area is 104 Å². The molecule has 0 amide bonds. The van der Waals surface area contributed by atoms with Crippen LogP contribution in [0.15, 0.2) is 10.7 Å². The zero-order valence-electron chi connectivity index (χ0n) is 10.5. The molecule has 0 spiro atoms. The number of carbonyl (C=O) groups excluding carboxylic acids is 1. The molecule has 0 saturated heterocycles. The van der Waals surface area contributed by atoms with Gasteiger partial charge in [0.1, 0.15) is 0 Å². The minimum absolute atomic E-state index is 0.0715. The molecule has 0 aromatic carbocycles. The van der Waals surface area contributed by atoms with Gasteiger partial charge in [-0.3, -0.25) is 4.68 Å². The van der Waals surface area contributed by atoms with Crippen molar-refractivity contribution in [1.29, 1.82) is 0 Å². The third-order valence-corrected chi connectivity index (χ3v) is 2.35. The molecule has 96 valence electrons. The topological polar surface area (TPSA) is 83.0 Å². The highest BCUT2D eigenvalue weighted by Crippen LogP contribution is 2.21. The molecule has 7 heteroatoms. The first-order valence-corrected chi connectivity index (χ1v) is 5.69. The third kappa shape index (κ3) is 2.24. The van der Waals surface area contributed by atoms with Crippen LogP contribution in [0.25, 0.3) is 11.5 Å². The first-order chi connectivity index (χ1) is 8.65. The van der Waals surface area contributed by atoms with Crippen molar-refractivity contribution in [3.05, 3.63) is 17.7 Å². The number of esters is 1. The van der Waals surface area contributed by atoms with Gasteiger partial charge in [0, 0.05) is 13.2 Å². The van der Waals surface area contributed by atoms with Gasteiger partial charge in [0.2, 0.25) is 0 Å². The van der Waals surface area contributed by atoms with E-state index in [0.717, 1.165) is 17.7 Å². The number of ether oxygens (including phenoxy) is 1. The summed E-state index contributed by atoms with van der Waals surface area (Å²) in [6.45, 7) is 3.97. The lowest BCUT2D eigenvalue weighted by atomic mass is 10.2. The molecule has 0 aliphatic heterocycles. The molecule has 2 aromatic rings. The van der Waals surface area contributed by atoms with Crippen LogP contribution in [-0.2, 0) is 18.2 Å². The summed E-state index contributed by atoms with van der Waals surface area (Å²) in [4.78, 5) is 15.4. The molecular formula is C11H14N4O3. The Kier molecular flexibility index (Phi) is 3.40. The van der Waals surface area contributed by atoms with Crippen molar-refractivity contribution < 1.29 is 14.1 Å². The number of hydrogen-bond acceptors (Lipinski definition) is 6. The van der Waals surface area contributed by atoms with E-state index in [0.29, 0.717) is 0 Å². The van der Waals surface area contributed by atoms with Crippen LogP contribution >= 0.6 is 0 Å². The number of carbonyl (C=O) groups is 1. The first-order valence-electron chi connectivity index (χ1n) is 5.69. The van der Waals surface area contributed by atoms with Gasteiger partial charge in [0.05, 0.1) is 17.9 Å².